The van der Waals surface area contributed by atoms with Crippen LogP contribution in [0, 0.1) is 11.8 Å². The molecule has 0 aromatic heterocycles. The minimum Gasteiger partial charge on any atom is -0.316 e. The second-order valence-corrected chi connectivity index (χ2v) is 5.23. The summed E-state index contributed by atoms with van der Waals surface area (Å²) < 4.78 is 0. The lowest BCUT2D eigenvalue weighted by Gasteiger charge is -2.21. The molecule has 0 saturated heterocycles. The molecule has 16 heavy (non-hydrogen) atoms. The van der Waals surface area contributed by atoms with Gasteiger partial charge in [-0.25, -0.2) is 0 Å². The molecule has 2 atom stereocenters. The monoisotopic (exact) mass is 223 g/mol. The Morgan fingerprint density at radius 2 is 2.19 bits per heavy atom. The van der Waals surface area contributed by atoms with E-state index >= 15 is 0 Å². The van der Waals surface area contributed by atoms with Crippen LogP contribution >= 0.6 is 0 Å². The molecule has 0 aromatic carbocycles. The summed E-state index contributed by atoms with van der Waals surface area (Å²) in [6.07, 6.45) is 14.1. The van der Waals surface area contributed by atoms with Gasteiger partial charge in [0.05, 0.1) is 0 Å². The minimum absolute atomic E-state index is 0.897. The summed E-state index contributed by atoms with van der Waals surface area (Å²) in [4.78, 5) is 0. The van der Waals surface area contributed by atoms with Crippen molar-refractivity contribution in [2.24, 2.45) is 11.8 Å². The van der Waals surface area contributed by atoms with E-state index in [1.165, 1.54) is 58.0 Å². The summed E-state index contributed by atoms with van der Waals surface area (Å²) in [6, 6.07) is 0. The fourth-order valence-electron chi connectivity index (χ4n) is 2.48. The minimum atomic E-state index is 0.897. The van der Waals surface area contributed by atoms with E-state index in [4.69, 9.17) is 0 Å². The maximum Gasteiger partial charge on any atom is -0.00173 e. The number of rotatable bonds is 8. The summed E-state index contributed by atoms with van der Waals surface area (Å²) in [5.74, 6) is 1.80. The first-order valence-corrected chi connectivity index (χ1v) is 7.22. The van der Waals surface area contributed by atoms with Crippen LogP contribution in [-0.2, 0) is 0 Å². The maximum atomic E-state index is 3.68. The topological polar surface area (TPSA) is 12.0 Å². The molecule has 0 aliphatic heterocycles. The number of nitrogens with one attached hydrogen (secondary N) is 1. The molecule has 1 N–H and O–H groups in total. The van der Waals surface area contributed by atoms with Crippen LogP contribution in [0.4, 0.5) is 0 Å². The van der Waals surface area contributed by atoms with Crippen molar-refractivity contribution in [3.8, 4) is 0 Å². The first kappa shape index (κ1) is 13.8. The van der Waals surface area contributed by atoms with Gasteiger partial charge in [-0.1, -0.05) is 45.3 Å². The van der Waals surface area contributed by atoms with Gasteiger partial charge in [0.1, 0.15) is 0 Å². The van der Waals surface area contributed by atoms with Crippen LogP contribution < -0.4 is 5.32 Å². The van der Waals surface area contributed by atoms with Gasteiger partial charge in [0.25, 0.3) is 0 Å². The maximum absolute atomic E-state index is 3.68. The summed E-state index contributed by atoms with van der Waals surface area (Å²) in [5.41, 5.74) is 0. The summed E-state index contributed by atoms with van der Waals surface area (Å²) in [6.45, 7) is 7.07. The molecule has 0 aromatic rings. The zero-order valence-electron chi connectivity index (χ0n) is 11.2. The van der Waals surface area contributed by atoms with E-state index < -0.39 is 0 Å². The summed E-state index contributed by atoms with van der Waals surface area (Å²) in [7, 11) is 0. The third-order valence-corrected chi connectivity index (χ3v) is 3.79. The van der Waals surface area contributed by atoms with Crippen molar-refractivity contribution in [3.63, 3.8) is 0 Å². The van der Waals surface area contributed by atoms with Gasteiger partial charge in [0.2, 0.25) is 0 Å². The van der Waals surface area contributed by atoms with Crippen LogP contribution in [0.15, 0.2) is 12.2 Å². The standard InChI is InChI=1S/C15H29N/c1-3-5-9-14(4-2)12-16-13-15-10-7-6-8-11-15/h6-7,14-16H,3-5,8-13H2,1-2H3. The second kappa shape index (κ2) is 8.81. The van der Waals surface area contributed by atoms with Crippen LogP contribution in [0.1, 0.15) is 58.8 Å². The van der Waals surface area contributed by atoms with Crippen molar-refractivity contribution >= 4 is 0 Å². The molecule has 1 aliphatic rings. The molecule has 94 valence electrons. The van der Waals surface area contributed by atoms with E-state index in [1.54, 1.807) is 0 Å². The molecule has 1 rings (SSSR count). The van der Waals surface area contributed by atoms with Gasteiger partial charge >= 0.3 is 0 Å². The van der Waals surface area contributed by atoms with E-state index in [0.717, 1.165) is 11.8 Å². The Kier molecular flexibility index (Phi) is 7.58. The third-order valence-electron chi connectivity index (χ3n) is 3.79. The summed E-state index contributed by atoms with van der Waals surface area (Å²) >= 11 is 0. The van der Waals surface area contributed by atoms with Gasteiger partial charge in [0, 0.05) is 0 Å². The molecule has 0 fully saturated rings. The number of allylic oxidation sites excluding steroid dienone is 2. The fraction of sp³-hybridized carbons (Fsp3) is 0.867. The quantitative estimate of drug-likeness (QED) is 0.610. The van der Waals surface area contributed by atoms with E-state index in [-0.39, 0.29) is 0 Å². The Morgan fingerprint density at radius 1 is 1.31 bits per heavy atom. The van der Waals surface area contributed by atoms with Gasteiger partial charge < -0.3 is 5.32 Å². The van der Waals surface area contributed by atoms with Crippen LogP contribution in [0.2, 0.25) is 0 Å². The highest BCUT2D eigenvalue weighted by molar-refractivity contribution is 4.90. The van der Waals surface area contributed by atoms with Crippen LogP contribution in [-0.4, -0.2) is 13.1 Å². The van der Waals surface area contributed by atoms with Crippen molar-refractivity contribution in [2.45, 2.75) is 58.8 Å². The van der Waals surface area contributed by atoms with Gasteiger partial charge in [0.15, 0.2) is 0 Å². The summed E-state index contributed by atoms with van der Waals surface area (Å²) in [5, 5.41) is 3.68. The highest BCUT2D eigenvalue weighted by Gasteiger charge is 2.10. The predicted octanol–water partition coefficient (Wildman–Crippen LogP) is 4.15. The first-order valence-electron chi connectivity index (χ1n) is 7.22. The van der Waals surface area contributed by atoms with Crippen LogP contribution in [0.25, 0.3) is 0 Å². The average Bonchev–Trinajstić information content (AvgIpc) is 2.35. The molecular formula is C15H29N. The Hall–Kier alpha value is -0.300. The lowest BCUT2D eigenvalue weighted by Crippen LogP contribution is -2.28. The van der Waals surface area contributed by atoms with Gasteiger partial charge in [-0.15, -0.1) is 0 Å². The highest BCUT2D eigenvalue weighted by atomic mass is 14.9. The molecule has 1 nitrogen and oxygen atoms in total. The zero-order valence-corrected chi connectivity index (χ0v) is 11.2. The van der Waals surface area contributed by atoms with Gasteiger partial charge in [-0.3, -0.25) is 0 Å². The van der Waals surface area contributed by atoms with Crippen molar-refractivity contribution in [1.29, 1.82) is 0 Å². The SMILES string of the molecule is CCCCC(CC)CNCC1CC=CCC1. The molecule has 0 heterocycles. The van der Waals surface area contributed by atoms with Crippen molar-refractivity contribution < 1.29 is 0 Å². The second-order valence-electron chi connectivity index (χ2n) is 5.23. The largest absolute Gasteiger partial charge is 0.316 e. The van der Waals surface area contributed by atoms with Gasteiger partial charge in [-0.2, -0.15) is 0 Å². The Balaban J connectivity index is 2.05. The molecule has 0 bridgehead atoms. The molecule has 0 spiro atoms. The molecule has 2 unspecified atom stereocenters. The Bertz CT molecular complexity index is 186. The van der Waals surface area contributed by atoms with E-state index in [0.29, 0.717) is 0 Å². The van der Waals surface area contributed by atoms with Crippen LogP contribution in [0.3, 0.4) is 0 Å². The molecule has 0 amide bonds. The Morgan fingerprint density at radius 3 is 2.81 bits per heavy atom. The number of hydrogen-bond donors (Lipinski definition) is 1. The average molecular weight is 223 g/mol. The molecular weight excluding hydrogens is 194 g/mol. The number of hydrogen-bond acceptors (Lipinski definition) is 1. The molecule has 1 heteroatoms. The van der Waals surface area contributed by atoms with Crippen molar-refractivity contribution in [2.75, 3.05) is 13.1 Å². The lowest BCUT2D eigenvalue weighted by molar-refractivity contribution is 0.380. The zero-order chi connectivity index (χ0) is 11.6. The van der Waals surface area contributed by atoms with E-state index in [2.05, 4.69) is 31.3 Å². The van der Waals surface area contributed by atoms with E-state index in [1.807, 2.05) is 0 Å². The third kappa shape index (κ3) is 5.69. The molecule has 0 radical (unpaired) electrons. The van der Waals surface area contributed by atoms with Crippen molar-refractivity contribution in [1.82, 2.24) is 5.32 Å². The predicted molar refractivity (Wildman–Crippen MR) is 72.7 cm³/mol. The molecule has 0 saturated carbocycles. The van der Waals surface area contributed by atoms with Crippen molar-refractivity contribution in [3.05, 3.63) is 12.2 Å². The van der Waals surface area contributed by atoms with Crippen LogP contribution in [0.5, 0.6) is 0 Å². The van der Waals surface area contributed by atoms with Gasteiger partial charge in [-0.05, 0) is 50.6 Å². The highest BCUT2D eigenvalue weighted by Crippen LogP contribution is 2.17. The fourth-order valence-corrected chi connectivity index (χ4v) is 2.48. The Labute approximate surface area is 102 Å². The normalized spacial score (nSPS) is 22.2. The first-order chi connectivity index (χ1) is 7.86. The molecule has 1 aliphatic carbocycles. The smallest absolute Gasteiger partial charge is 0.00173 e. The lowest BCUT2D eigenvalue weighted by atomic mass is 9.94. The number of unbranched alkanes of at least 4 members (excludes halogenated alkanes) is 1. The van der Waals surface area contributed by atoms with E-state index in [9.17, 15) is 0 Å².